The topological polar surface area (TPSA) is 12.0 Å². The van der Waals surface area contributed by atoms with Crippen LogP contribution in [-0.2, 0) is 16.1 Å². The molecule has 0 radical (unpaired) electrons. The molecule has 41 heavy (non-hydrogen) atoms. The van der Waals surface area contributed by atoms with Gasteiger partial charge < -0.3 is 0 Å². The van der Waals surface area contributed by atoms with E-state index in [2.05, 4.69) is 123 Å². The predicted molar refractivity (Wildman–Crippen MR) is 183 cm³/mol. The zero-order chi connectivity index (χ0) is 29.5. The summed E-state index contributed by atoms with van der Waals surface area (Å²) in [6.07, 6.45) is 11.2. The Kier molecular flexibility index (Phi) is 14.6. The average Bonchev–Trinajstić information content (AvgIpc) is 3.20. The maximum Gasteiger partial charge on any atom is -0.0184 e. The Morgan fingerprint density at radius 2 is 1.10 bits per heavy atom. The van der Waals surface area contributed by atoms with Crippen LogP contribution in [-0.4, -0.2) is 13.9 Å². The van der Waals surface area contributed by atoms with Crippen molar-refractivity contribution in [1.82, 2.24) is 3.80 Å². The second kappa shape index (κ2) is 17.9. The first-order valence-corrected chi connectivity index (χ1v) is 24.0. The summed E-state index contributed by atoms with van der Waals surface area (Å²) in [5.74, 6) is 0.655. The molecule has 1 aliphatic rings. The molecule has 220 valence electrons. The van der Waals surface area contributed by atoms with Crippen molar-refractivity contribution in [2.24, 2.45) is 5.92 Å². The Bertz CT molecular complexity index is 1180. The second-order valence-corrected chi connectivity index (χ2v) is 26.4. The van der Waals surface area contributed by atoms with Gasteiger partial charge in [-0.2, -0.15) is 0 Å². The van der Waals surface area contributed by atoms with E-state index in [1.807, 2.05) is 16.0 Å². The Balaban J connectivity index is 0.000000317. The number of hydrogen-bond donors (Lipinski definition) is 1. The SMILES string of the molecule is CCCCCCCCCC[NH][Ti]([CH3])([SiH2]c1ccccc1)[C]1=C(C)C(C)=C(C)C1C.c1ccc(-c2ccccc2)cc1. The smallest absolute Gasteiger partial charge is 0.0184 e. The molecule has 0 aromatic heterocycles. The molecule has 1 aliphatic carbocycles. The van der Waals surface area contributed by atoms with Gasteiger partial charge in [-0.1, -0.05) is 60.7 Å². The monoisotopic (exact) mass is 601 g/mol. The maximum absolute atomic E-state index is 4.26. The molecule has 3 aromatic carbocycles. The van der Waals surface area contributed by atoms with Crippen molar-refractivity contribution >= 4 is 12.6 Å². The first-order chi connectivity index (χ1) is 19.9. The first-order valence-electron chi connectivity index (χ1n) is 16.2. The molecular formula is C38H55NSiTi. The third-order valence-electron chi connectivity index (χ3n) is 9.06. The average molecular weight is 602 g/mol. The predicted octanol–water partition coefficient (Wildman–Crippen LogP) is 9.86. The van der Waals surface area contributed by atoms with E-state index in [9.17, 15) is 0 Å². The van der Waals surface area contributed by atoms with E-state index in [1.54, 1.807) is 21.9 Å². The van der Waals surface area contributed by atoms with E-state index in [-0.39, 0.29) is 7.39 Å². The van der Waals surface area contributed by atoms with Crippen molar-refractivity contribution in [3.05, 3.63) is 112 Å². The van der Waals surface area contributed by atoms with Crippen LogP contribution < -0.4 is 8.99 Å². The van der Waals surface area contributed by atoms with Gasteiger partial charge in [0.05, 0.1) is 0 Å². The van der Waals surface area contributed by atoms with Gasteiger partial charge in [0.2, 0.25) is 0 Å². The molecule has 3 heteroatoms. The Morgan fingerprint density at radius 3 is 1.56 bits per heavy atom. The largest absolute Gasteiger partial charge is 0.0622 e. The Morgan fingerprint density at radius 1 is 0.634 bits per heavy atom. The van der Waals surface area contributed by atoms with E-state index in [4.69, 9.17) is 0 Å². The van der Waals surface area contributed by atoms with Crippen LogP contribution in [0.15, 0.2) is 112 Å². The van der Waals surface area contributed by atoms with Crippen molar-refractivity contribution in [3.8, 4) is 11.1 Å². The van der Waals surface area contributed by atoms with E-state index in [1.165, 1.54) is 69.0 Å². The van der Waals surface area contributed by atoms with Crippen LogP contribution >= 0.6 is 0 Å². The molecule has 0 spiro atoms. The fraction of sp³-hybridized carbons (Fsp3) is 0.421. The number of hydrogen-bond acceptors (Lipinski definition) is 1. The molecule has 4 rings (SSSR count). The fourth-order valence-electron chi connectivity index (χ4n) is 6.40. The molecule has 0 aliphatic heterocycles. The molecule has 2 unspecified atom stereocenters. The van der Waals surface area contributed by atoms with Gasteiger partial charge in [0, 0.05) is 0 Å². The molecule has 0 amide bonds. The third kappa shape index (κ3) is 10.4. The Hall–Kier alpha value is -1.97. The summed E-state index contributed by atoms with van der Waals surface area (Å²) in [6.45, 7) is 13.1. The number of nitrogens with one attached hydrogen (secondary N) is 1. The van der Waals surface area contributed by atoms with Gasteiger partial charge in [-0.05, 0) is 11.1 Å². The molecule has 0 saturated carbocycles. The first kappa shape index (κ1) is 33.5. The molecule has 0 bridgehead atoms. The van der Waals surface area contributed by atoms with E-state index < -0.39 is 16.1 Å². The van der Waals surface area contributed by atoms with Crippen LogP contribution in [0.1, 0.15) is 86.0 Å². The van der Waals surface area contributed by atoms with Crippen molar-refractivity contribution in [1.29, 1.82) is 0 Å². The van der Waals surface area contributed by atoms with Crippen molar-refractivity contribution < 1.29 is 16.1 Å². The minimum absolute atomic E-state index is 0.294. The van der Waals surface area contributed by atoms with Gasteiger partial charge in [0.25, 0.3) is 0 Å². The van der Waals surface area contributed by atoms with Crippen LogP contribution in [0.3, 0.4) is 0 Å². The standard InChI is InChI=1S/C12H10.C10H22N.C9H13.C6H7Si.CH3.Ti/c1-3-7-11(8-4-1)12-9-5-2-6-10-12;1-2-3-4-5-6-7-8-9-10-11;1-6-5-7(2)9(4)8(6)3;7-6-4-2-1-3-5-6;;/h1-10H;11H,2-10H2,1H3;6H,1-4H3;1-5H,7H2;1H3;/q;-1;;;;+1. The van der Waals surface area contributed by atoms with Gasteiger partial charge in [0.1, 0.15) is 0 Å². The van der Waals surface area contributed by atoms with Crippen LogP contribution in [0.2, 0.25) is 5.23 Å². The molecule has 0 heterocycles. The molecule has 3 aromatic rings. The van der Waals surface area contributed by atoms with Crippen LogP contribution in [0.25, 0.3) is 11.1 Å². The van der Waals surface area contributed by atoms with Gasteiger partial charge in [-0.15, -0.1) is 0 Å². The second-order valence-electron chi connectivity index (χ2n) is 12.2. The maximum atomic E-state index is 4.26. The van der Waals surface area contributed by atoms with Crippen LogP contribution in [0.4, 0.5) is 0 Å². The minimum atomic E-state index is -2.25. The van der Waals surface area contributed by atoms with Gasteiger partial charge in [-0.3, -0.25) is 0 Å². The summed E-state index contributed by atoms with van der Waals surface area (Å²) in [6, 6.07) is 32.2. The third-order valence-corrected chi connectivity index (χ3v) is 23.2. The summed E-state index contributed by atoms with van der Waals surface area (Å²) < 4.78 is 6.12. The van der Waals surface area contributed by atoms with Crippen LogP contribution in [0.5, 0.6) is 0 Å². The minimum Gasteiger partial charge on any atom is -0.0622 e. The number of rotatable bonds is 14. The van der Waals surface area contributed by atoms with Crippen molar-refractivity contribution in [2.45, 2.75) is 91.2 Å². The van der Waals surface area contributed by atoms with E-state index in [0.29, 0.717) is 5.92 Å². The quantitative estimate of drug-likeness (QED) is 0.143. The van der Waals surface area contributed by atoms with Gasteiger partial charge in [0.15, 0.2) is 0 Å². The summed E-state index contributed by atoms with van der Waals surface area (Å²) in [4.78, 5) is 0. The zero-order valence-corrected chi connectivity index (χ0v) is 29.8. The normalized spacial score (nSPS) is 16.7. The van der Waals surface area contributed by atoms with Crippen LogP contribution in [0, 0.1) is 5.92 Å². The number of unbranched alkanes of at least 4 members (excludes halogenated alkanes) is 7. The van der Waals surface area contributed by atoms with Crippen molar-refractivity contribution in [2.75, 3.05) is 6.54 Å². The summed E-state index contributed by atoms with van der Waals surface area (Å²) in [7, 11) is -0.294. The molecule has 2 atom stereocenters. The summed E-state index contributed by atoms with van der Waals surface area (Å²) in [5.41, 5.74) is 7.37. The molecule has 1 N–H and O–H groups in total. The fourth-order valence-corrected chi connectivity index (χ4v) is 22.4. The molecule has 1 nitrogen and oxygen atoms in total. The van der Waals surface area contributed by atoms with E-state index in [0.717, 1.165) is 0 Å². The zero-order valence-electron chi connectivity index (χ0n) is 26.8. The molecule has 0 fully saturated rings. The number of allylic oxidation sites excluding steroid dienone is 4. The summed E-state index contributed by atoms with van der Waals surface area (Å²) in [5, 5.41) is 4.33. The molecular weight excluding hydrogens is 546 g/mol. The van der Waals surface area contributed by atoms with Gasteiger partial charge >= 0.3 is 187 Å². The van der Waals surface area contributed by atoms with Gasteiger partial charge in [-0.25, -0.2) is 0 Å². The van der Waals surface area contributed by atoms with Crippen molar-refractivity contribution in [3.63, 3.8) is 0 Å². The number of benzene rings is 3. The Labute approximate surface area is 257 Å². The van der Waals surface area contributed by atoms with E-state index >= 15 is 0 Å². The summed E-state index contributed by atoms with van der Waals surface area (Å²) >= 11 is -2.25. The molecule has 0 saturated heterocycles.